The highest BCUT2D eigenvalue weighted by Gasteiger charge is 2.40. The average molecular weight is 322 g/mol. The summed E-state index contributed by atoms with van der Waals surface area (Å²) in [4.78, 5) is 11.5. The summed E-state index contributed by atoms with van der Waals surface area (Å²) in [5.41, 5.74) is 7.28. The van der Waals surface area contributed by atoms with Crippen LogP contribution in [0.4, 0.5) is 5.69 Å². The second kappa shape index (κ2) is 7.13. The van der Waals surface area contributed by atoms with Gasteiger partial charge in [-0.05, 0) is 23.8 Å². The van der Waals surface area contributed by atoms with Crippen LogP contribution in [0.5, 0.6) is 0 Å². The molecule has 1 fully saturated rings. The number of methoxy groups -OCH3 is 1. The standard InChI is InChI=1S/C13H16ClNO4.ClH/c1-17-12(16)8-13(18-4-5-19-13)7-9-6-10(14)2-3-11(9)15;/h2-3,6H,4-5,7-8,15H2,1H3;1H. The van der Waals surface area contributed by atoms with Gasteiger partial charge in [-0.25, -0.2) is 0 Å². The third-order valence-electron chi connectivity index (χ3n) is 3.02. The van der Waals surface area contributed by atoms with E-state index < -0.39 is 5.79 Å². The molecule has 2 N–H and O–H groups in total. The number of hydrogen-bond donors (Lipinski definition) is 1. The lowest BCUT2D eigenvalue weighted by Crippen LogP contribution is -2.36. The monoisotopic (exact) mass is 321 g/mol. The minimum Gasteiger partial charge on any atom is -0.469 e. The lowest BCUT2D eigenvalue weighted by Gasteiger charge is -2.26. The molecule has 1 aromatic carbocycles. The van der Waals surface area contributed by atoms with Crippen molar-refractivity contribution in [3.8, 4) is 0 Å². The van der Waals surface area contributed by atoms with Gasteiger partial charge in [0.1, 0.15) is 0 Å². The van der Waals surface area contributed by atoms with Crippen LogP contribution in [0, 0.1) is 0 Å². The largest absolute Gasteiger partial charge is 0.469 e. The van der Waals surface area contributed by atoms with E-state index in [4.69, 9.17) is 26.8 Å². The average Bonchev–Trinajstić information content (AvgIpc) is 2.82. The minimum absolute atomic E-state index is 0. The zero-order valence-corrected chi connectivity index (χ0v) is 12.6. The van der Waals surface area contributed by atoms with Gasteiger partial charge < -0.3 is 19.9 Å². The Bertz CT molecular complexity index is 475. The fraction of sp³-hybridized carbons (Fsp3) is 0.462. The summed E-state index contributed by atoms with van der Waals surface area (Å²) in [6.07, 6.45) is 0.379. The van der Waals surface area contributed by atoms with Gasteiger partial charge in [-0.3, -0.25) is 4.79 Å². The van der Waals surface area contributed by atoms with Crippen LogP contribution in [-0.2, 0) is 25.4 Å². The van der Waals surface area contributed by atoms with E-state index in [0.717, 1.165) is 5.56 Å². The molecule has 0 bridgehead atoms. The summed E-state index contributed by atoms with van der Waals surface area (Å²) in [6.45, 7) is 0.884. The van der Waals surface area contributed by atoms with E-state index >= 15 is 0 Å². The number of nitrogen functional groups attached to an aromatic ring is 1. The van der Waals surface area contributed by atoms with Gasteiger partial charge in [0.05, 0.1) is 26.7 Å². The molecule has 7 heteroatoms. The number of nitrogens with two attached hydrogens (primary N) is 1. The highest BCUT2D eigenvalue weighted by molar-refractivity contribution is 6.30. The maximum atomic E-state index is 11.5. The van der Waals surface area contributed by atoms with Crippen LogP contribution in [0.15, 0.2) is 18.2 Å². The molecule has 0 amide bonds. The molecule has 0 unspecified atom stereocenters. The van der Waals surface area contributed by atoms with Gasteiger partial charge in [-0.1, -0.05) is 11.6 Å². The molecular weight excluding hydrogens is 305 g/mol. The summed E-state index contributed by atoms with van der Waals surface area (Å²) < 4.78 is 15.9. The summed E-state index contributed by atoms with van der Waals surface area (Å²) in [5.74, 6) is -1.39. The second-order valence-corrected chi connectivity index (χ2v) is 4.82. The maximum absolute atomic E-state index is 11.5. The predicted octanol–water partition coefficient (Wildman–Crippen LogP) is 2.19. The Balaban J connectivity index is 0.00000200. The van der Waals surface area contributed by atoms with Crippen molar-refractivity contribution in [3.05, 3.63) is 28.8 Å². The zero-order valence-electron chi connectivity index (χ0n) is 11.1. The molecule has 2 rings (SSSR count). The number of carbonyl (C=O) groups excluding carboxylic acids is 1. The lowest BCUT2D eigenvalue weighted by atomic mass is 10.0. The van der Waals surface area contributed by atoms with E-state index in [-0.39, 0.29) is 24.8 Å². The van der Waals surface area contributed by atoms with Gasteiger partial charge in [0.15, 0.2) is 5.79 Å². The molecule has 0 aliphatic carbocycles. The van der Waals surface area contributed by atoms with Crippen LogP contribution in [-0.4, -0.2) is 32.1 Å². The molecule has 1 aliphatic heterocycles. The third-order valence-corrected chi connectivity index (χ3v) is 3.25. The Morgan fingerprint density at radius 1 is 1.45 bits per heavy atom. The molecule has 0 atom stereocenters. The highest BCUT2D eigenvalue weighted by Crippen LogP contribution is 2.31. The van der Waals surface area contributed by atoms with E-state index in [0.29, 0.717) is 30.3 Å². The number of ether oxygens (including phenoxy) is 3. The van der Waals surface area contributed by atoms with Crippen molar-refractivity contribution in [3.63, 3.8) is 0 Å². The van der Waals surface area contributed by atoms with Crippen molar-refractivity contribution in [2.75, 3.05) is 26.1 Å². The Kier molecular flexibility index (Phi) is 6.07. The molecule has 20 heavy (non-hydrogen) atoms. The first kappa shape index (κ1) is 17.0. The number of anilines is 1. The van der Waals surface area contributed by atoms with E-state index in [1.807, 2.05) is 0 Å². The van der Waals surface area contributed by atoms with Crippen molar-refractivity contribution in [2.45, 2.75) is 18.6 Å². The molecule has 1 heterocycles. The lowest BCUT2D eigenvalue weighted by molar-refractivity contribution is -0.180. The normalized spacial score (nSPS) is 16.5. The Morgan fingerprint density at radius 2 is 2.10 bits per heavy atom. The van der Waals surface area contributed by atoms with Crippen molar-refractivity contribution < 1.29 is 19.0 Å². The van der Waals surface area contributed by atoms with E-state index in [1.54, 1.807) is 18.2 Å². The van der Waals surface area contributed by atoms with Crippen LogP contribution < -0.4 is 5.73 Å². The van der Waals surface area contributed by atoms with Gasteiger partial charge in [0, 0.05) is 17.1 Å². The second-order valence-electron chi connectivity index (χ2n) is 4.38. The number of halogens is 2. The number of esters is 1. The summed E-state index contributed by atoms with van der Waals surface area (Å²) >= 11 is 5.95. The first-order valence-corrected chi connectivity index (χ1v) is 6.31. The van der Waals surface area contributed by atoms with Crippen molar-refractivity contribution in [2.24, 2.45) is 0 Å². The molecule has 1 aliphatic rings. The molecular formula is C13H17Cl2NO4. The van der Waals surface area contributed by atoms with Gasteiger partial charge in [0.25, 0.3) is 0 Å². The van der Waals surface area contributed by atoms with Crippen LogP contribution in [0.3, 0.4) is 0 Å². The summed E-state index contributed by atoms with van der Waals surface area (Å²) in [7, 11) is 1.33. The quantitative estimate of drug-likeness (QED) is 0.680. The number of carbonyl (C=O) groups is 1. The number of hydrogen-bond acceptors (Lipinski definition) is 5. The Labute approximate surface area is 128 Å². The molecule has 5 nitrogen and oxygen atoms in total. The van der Waals surface area contributed by atoms with Gasteiger partial charge in [-0.2, -0.15) is 0 Å². The molecule has 112 valence electrons. The molecule has 1 aromatic rings. The van der Waals surface area contributed by atoms with Gasteiger partial charge >= 0.3 is 5.97 Å². The fourth-order valence-corrected chi connectivity index (χ4v) is 2.27. The van der Waals surface area contributed by atoms with Crippen molar-refractivity contribution >= 4 is 35.7 Å². The third kappa shape index (κ3) is 3.99. The Morgan fingerprint density at radius 3 is 2.70 bits per heavy atom. The van der Waals surface area contributed by atoms with Crippen molar-refractivity contribution in [1.82, 2.24) is 0 Å². The molecule has 0 aromatic heterocycles. The summed E-state index contributed by atoms with van der Waals surface area (Å²) in [6, 6.07) is 5.18. The van der Waals surface area contributed by atoms with Crippen molar-refractivity contribution in [1.29, 1.82) is 0 Å². The van der Waals surface area contributed by atoms with Gasteiger partial charge in [-0.15, -0.1) is 12.4 Å². The molecule has 1 saturated heterocycles. The van der Waals surface area contributed by atoms with Crippen LogP contribution in [0.2, 0.25) is 5.02 Å². The van der Waals surface area contributed by atoms with Gasteiger partial charge in [0.2, 0.25) is 0 Å². The highest BCUT2D eigenvalue weighted by atomic mass is 35.5. The summed E-state index contributed by atoms with van der Waals surface area (Å²) in [5, 5.41) is 0.579. The number of rotatable bonds is 4. The SMILES string of the molecule is COC(=O)CC1(Cc2cc(Cl)ccc2N)OCCO1.Cl. The predicted molar refractivity (Wildman–Crippen MR) is 78.1 cm³/mol. The minimum atomic E-state index is -1.01. The van der Waals surface area contributed by atoms with Crippen LogP contribution in [0.1, 0.15) is 12.0 Å². The maximum Gasteiger partial charge on any atom is 0.311 e. The van der Waals surface area contributed by atoms with Crippen LogP contribution in [0.25, 0.3) is 0 Å². The first-order chi connectivity index (χ1) is 9.04. The number of benzene rings is 1. The Hall–Kier alpha value is -1.01. The first-order valence-electron chi connectivity index (χ1n) is 5.93. The zero-order chi connectivity index (χ0) is 13.9. The smallest absolute Gasteiger partial charge is 0.311 e. The molecule has 0 saturated carbocycles. The van der Waals surface area contributed by atoms with E-state index in [2.05, 4.69) is 4.74 Å². The molecule has 0 spiro atoms. The molecule has 0 radical (unpaired) electrons. The fourth-order valence-electron chi connectivity index (χ4n) is 2.07. The van der Waals surface area contributed by atoms with E-state index in [1.165, 1.54) is 7.11 Å². The topological polar surface area (TPSA) is 70.8 Å². The van der Waals surface area contributed by atoms with Crippen LogP contribution >= 0.6 is 24.0 Å². The van der Waals surface area contributed by atoms with E-state index in [9.17, 15) is 4.79 Å².